The molecule has 4 heteroatoms. The molecule has 0 unspecified atom stereocenters. The number of benzene rings is 1. The van der Waals surface area contributed by atoms with Gasteiger partial charge in [0.15, 0.2) is 9.84 Å². The lowest BCUT2D eigenvalue weighted by Crippen LogP contribution is -2.11. The average Bonchev–Trinajstić information content (AvgIpc) is 2.18. The maximum atomic E-state index is 11.6. The molecule has 84 valence electrons. The zero-order chi connectivity index (χ0) is 11.3. The Balaban J connectivity index is 2.74. The molecule has 0 aliphatic heterocycles. The third-order valence-corrected chi connectivity index (χ3v) is 3.91. The number of sulfone groups is 1. The van der Waals surface area contributed by atoms with Crippen LogP contribution in [0.3, 0.4) is 0 Å². The summed E-state index contributed by atoms with van der Waals surface area (Å²) in [6.45, 7) is 1.82. The standard InChI is InChI=1S/C11H16O3S/c1-10-5-2-3-6-11(10)9-15(13,14)8-4-7-12/h2-3,5-6,12H,4,7-9H2,1H3. The van der Waals surface area contributed by atoms with Gasteiger partial charge in [0, 0.05) is 6.61 Å². The Kier molecular flexibility index (Phi) is 4.29. The normalized spacial score (nSPS) is 11.6. The Morgan fingerprint density at radius 1 is 1.27 bits per heavy atom. The highest BCUT2D eigenvalue weighted by Crippen LogP contribution is 2.12. The fraction of sp³-hybridized carbons (Fsp3) is 0.455. The lowest BCUT2D eigenvalue weighted by Gasteiger charge is -2.06. The molecular weight excluding hydrogens is 212 g/mol. The maximum absolute atomic E-state index is 11.6. The van der Waals surface area contributed by atoms with Crippen molar-refractivity contribution in [1.29, 1.82) is 0 Å². The van der Waals surface area contributed by atoms with Gasteiger partial charge < -0.3 is 5.11 Å². The number of aryl methyl sites for hydroxylation is 1. The number of aliphatic hydroxyl groups excluding tert-OH is 1. The van der Waals surface area contributed by atoms with Crippen LogP contribution in [0.1, 0.15) is 17.5 Å². The molecule has 0 saturated carbocycles. The van der Waals surface area contributed by atoms with E-state index >= 15 is 0 Å². The van der Waals surface area contributed by atoms with Crippen LogP contribution in [-0.2, 0) is 15.6 Å². The van der Waals surface area contributed by atoms with Gasteiger partial charge in [-0.3, -0.25) is 0 Å². The van der Waals surface area contributed by atoms with Crippen molar-refractivity contribution >= 4 is 9.84 Å². The van der Waals surface area contributed by atoms with Crippen LogP contribution in [0.4, 0.5) is 0 Å². The molecule has 0 saturated heterocycles. The van der Waals surface area contributed by atoms with E-state index in [4.69, 9.17) is 5.11 Å². The number of hydrogen-bond acceptors (Lipinski definition) is 3. The molecule has 0 amide bonds. The van der Waals surface area contributed by atoms with Crippen molar-refractivity contribution in [2.45, 2.75) is 19.1 Å². The molecule has 0 aromatic heterocycles. The molecule has 0 atom stereocenters. The van der Waals surface area contributed by atoms with Crippen LogP contribution in [-0.4, -0.2) is 25.9 Å². The van der Waals surface area contributed by atoms with Gasteiger partial charge in [0.2, 0.25) is 0 Å². The highest BCUT2D eigenvalue weighted by atomic mass is 32.2. The third kappa shape index (κ3) is 4.01. The second-order valence-electron chi connectivity index (χ2n) is 3.60. The second kappa shape index (κ2) is 5.28. The Hall–Kier alpha value is -0.870. The zero-order valence-corrected chi connectivity index (χ0v) is 9.63. The van der Waals surface area contributed by atoms with Crippen LogP contribution in [0.15, 0.2) is 24.3 Å². The minimum Gasteiger partial charge on any atom is -0.396 e. The monoisotopic (exact) mass is 228 g/mol. The Labute approximate surface area is 90.7 Å². The highest BCUT2D eigenvalue weighted by Gasteiger charge is 2.12. The average molecular weight is 228 g/mol. The molecule has 0 bridgehead atoms. The molecule has 15 heavy (non-hydrogen) atoms. The smallest absolute Gasteiger partial charge is 0.154 e. The molecule has 1 aromatic carbocycles. The van der Waals surface area contributed by atoms with Crippen LogP contribution in [0.25, 0.3) is 0 Å². The minimum absolute atomic E-state index is 0.0534. The molecule has 0 spiro atoms. The van der Waals surface area contributed by atoms with Gasteiger partial charge in [0.1, 0.15) is 0 Å². The topological polar surface area (TPSA) is 54.4 Å². The second-order valence-corrected chi connectivity index (χ2v) is 5.78. The van der Waals surface area contributed by atoms with Gasteiger partial charge >= 0.3 is 0 Å². The molecule has 0 aliphatic carbocycles. The Morgan fingerprint density at radius 2 is 1.93 bits per heavy atom. The van der Waals surface area contributed by atoms with Crippen molar-refractivity contribution in [1.82, 2.24) is 0 Å². The van der Waals surface area contributed by atoms with E-state index in [1.807, 2.05) is 31.2 Å². The molecule has 1 rings (SSSR count). The largest absolute Gasteiger partial charge is 0.396 e. The van der Waals surface area contributed by atoms with E-state index < -0.39 is 9.84 Å². The minimum atomic E-state index is -3.08. The molecule has 3 nitrogen and oxygen atoms in total. The number of rotatable bonds is 5. The molecule has 1 aromatic rings. The van der Waals surface area contributed by atoms with Gasteiger partial charge in [0.25, 0.3) is 0 Å². The first kappa shape index (κ1) is 12.2. The summed E-state index contributed by atoms with van der Waals surface area (Å²) in [5.41, 5.74) is 1.83. The Morgan fingerprint density at radius 3 is 2.53 bits per heavy atom. The van der Waals surface area contributed by atoms with Crippen molar-refractivity contribution in [2.24, 2.45) is 0 Å². The van der Waals surface area contributed by atoms with Crippen LogP contribution in [0, 0.1) is 6.92 Å². The van der Waals surface area contributed by atoms with Crippen molar-refractivity contribution in [3.63, 3.8) is 0 Å². The first-order valence-electron chi connectivity index (χ1n) is 4.91. The molecule has 0 heterocycles. The maximum Gasteiger partial charge on any atom is 0.154 e. The first-order chi connectivity index (χ1) is 7.05. The summed E-state index contributed by atoms with van der Waals surface area (Å²) >= 11 is 0. The fourth-order valence-electron chi connectivity index (χ4n) is 1.37. The van der Waals surface area contributed by atoms with Crippen molar-refractivity contribution < 1.29 is 13.5 Å². The predicted octanol–water partition coefficient (Wildman–Crippen LogP) is 1.29. The quantitative estimate of drug-likeness (QED) is 0.826. The van der Waals surface area contributed by atoms with Gasteiger partial charge in [-0.15, -0.1) is 0 Å². The van der Waals surface area contributed by atoms with Crippen LogP contribution in [0.5, 0.6) is 0 Å². The predicted molar refractivity (Wildman–Crippen MR) is 60.4 cm³/mol. The molecule has 0 radical (unpaired) electrons. The Bertz CT molecular complexity index is 410. The van der Waals surface area contributed by atoms with Crippen LogP contribution < -0.4 is 0 Å². The number of aliphatic hydroxyl groups is 1. The summed E-state index contributed by atoms with van der Waals surface area (Å²) in [5, 5.41) is 8.59. The third-order valence-electron chi connectivity index (χ3n) is 2.25. The van der Waals surface area contributed by atoms with E-state index in [9.17, 15) is 8.42 Å². The number of hydrogen-bond donors (Lipinski definition) is 1. The molecular formula is C11H16O3S. The summed E-state index contributed by atoms with van der Waals surface area (Å²) < 4.78 is 23.2. The highest BCUT2D eigenvalue weighted by molar-refractivity contribution is 7.90. The van der Waals surface area contributed by atoms with Crippen molar-refractivity contribution in [3.05, 3.63) is 35.4 Å². The van der Waals surface area contributed by atoms with Crippen molar-refractivity contribution in [3.8, 4) is 0 Å². The summed E-state index contributed by atoms with van der Waals surface area (Å²) in [6.07, 6.45) is 0.314. The lowest BCUT2D eigenvalue weighted by molar-refractivity contribution is 0.295. The molecule has 0 aliphatic rings. The van der Waals surface area contributed by atoms with E-state index in [1.165, 1.54) is 0 Å². The van der Waals surface area contributed by atoms with E-state index in [1.54, 1.807) is 0 Å². The van der Waals surface area contributed by atoms with Gasteiger partial charge in [-0.2, -0.15) is 0 Å². The summed E-state index contributed by atoms with van der Waals surface area (Å²) in [6, 6.07) is 7.45. The first-order valence-corrected chi connectivity index (χ1v) is 6.73. The van der Waals surface area contributed by atoms with E-state index in [0.717, 1.165) is 11.1 Å². The summed E-state index contributed by atoms with van der Waals surface area (Å²) in [4.78, 5) is 0. The van der Waals surface area contributed by atoms with Crippen LogP contribution >= 0.6 is 0 Å². The SMILES string of the molecule is Cc1ccccc1CS(=O)(=O)CCCO. The molecule has 0 fully saturated rings. The zero-order valence-electron chi connectivity index (χ0n) is 8.81. The lowest BCUT2D eigenvalue weighted by atomic mass is 10.1. The van der Waals surface area contributed by atoms with Gasteiger partial charge in [-0.05, 0) is 24.5 Å². The van der Waals surface area contributed by atoms with E-state index in [-0.39, 0.29) is 18.1 Å². The van der Waals surface area contributed by atoms with Gasteiger partial charge in [-0.25, -0.2) is 8.42 Å². The molecule has 1 N–H and O–H groups in total. The van der Waals surface area contributed by atoms with E-state index in [2.05, 4.69) is 0 Å². The summed E-state index contributed by atoms with van der Waals surface area (Å²) in [7, 11) is -3.08. The van der Waals surface area contributed by atoms with Gasteiger partial charge in [0.05, 0.1) is 11.5 Å². The van der Waals surface area contributed by atoms with Crippen LogP contribution in [0.2, 0.25) is 0 Å². The van der Waals surface area contributed by atoms with Gasteiger partial charge in [-0.1, -0.05) is 24.3 Å². The van der Waals surface area contributed by atoms with Crippen molar-refractivity contribution in [2.75, 3.05) is 12.4 Å². The van der Waals surface area contributed by atoms with E-state index in [0.29, 0.717) is 6.42 Å². The fourth-order valence-corrected chi connectivity index (χ4v) is 2.88. The summed E-state index contributed by atoms with van der Waals surface area (Å²) in [5.74, 6) is 0.123.